The Bertz CT molecular complexity index is 430. The fourth-order valence-electron chi connectivity index (χ4n) is 0.754. The molecular weight excluding hydrogens is 358 g/mol. The minimum absolute atomic E-state index is 0.0809. The highest BCUT2D eigenvalue weighted by Gasteiger charge is 2.34. The Morgan fingerprint density at radius 1 is 0.909 bits per heavy atom. The second kappa shape index (κ2) is 9.39. The summed E-state index contributed by atoms with van der Waals surface area (Å²) in [6.45, 7) is 0. The van der Waals surface area contributed by atoms with Crippen LogP contribution >= 0.6 is 15.6 Å². The Morgan fingerprint density at radius 2 is 1.27 bits per heavy atom. The van der Waals surface area contributed by atoms with Gasteiger partial charge in [0, 0.05) is 0 Å². The van der Waals surface area contributed by atoms with Gasteiger partial charge in [-0.15, -0.1) is 0 Å². The van der Waals surface area contributed by atoms with Crippen LogP contribution in [0, 0.1) is 0 Å². The first-order valence-corrected chi connectivity index (χ1v) is 7.91. The molecule has 4 unspecified atom stereocenters. The largest absolute Gasteiger partial charge is 0.479 e. The summed E-state index contributed by atoms with van der Waals surface area (Å²) in [6, 6.07) is 0. The number of hydrogen-bond donors (Lipinski definition) is 9. The molecule has 0 aliphatic carbocycles. The molecule has 4 atom stereocenters. The van der Waals surface area contributed by atoms with Gasteiger partial charge in [0.05, 0.1) is 0 Å². The number of carbonyl (C=O) groups excluding carboxylic acids is 1. The molecule has 0 aromatic carbocycles. The molecule has 0 spiro atoms. The Labute approximate surface area is 121 Å². The normalized spacial score (nSPS) is 17.5. The lowest BCUT2D eigenvalue weighted by Crippen LogP contribution is -2.48. The number of aliphatic hydroxyl groups is 4. The minimum atomic E-state index is -5.05. The molecular formula is C6H14O14P2. The summed E-state index contributed by atoms with van der Waals surface area (Å²) >= 11 is 0. The van der Waals surface area contributed by atoms with Gasteiger partial charge in [0.1, 0.15) is 18.3 Å². The van der Waals surface area contributed by atoms with Crippen molar-refractivity contribution < 1.29 is 68.1 Å². The highest BCUT2D eigenvalue weighted by molar-refractivity contribution is 7.60. The van der Waals surface area contributed by atoms with Gasteiger partial charge >= 0.3 is 21.6 Å². The van der Waals surface area contributed by atoms with Crippen LogP contribution in [0.5, 0.6) is 0 Å². The summed E-state index contributed by atoms with van der Waals surface area (Å²) in [5, 5.41) is 43.2. The highest BCUT2D eigenvalue weighted by atomic mass is 31.3. The lowest BCUT2D eigenvalue weighted by molar-refractivity contribution is -0.163. The summed E-state index contributed by atoms with van der Waals surface area (Å²) in [5.41, 5.74) is 0. The van der Waals surface area contributed by atoms with Crippen molar-refractivity contribution >= 4 is 27.9 Å². The molecule has 0 saturated carbocycles. The van der Waals surface area contributed by atoms with Gasteiger partial charge in [-0.3, -0.25) is 0 Å². The zero-order chi connectivity index (χ0) is 18.3. The molecule has 0 radical (unpaired) electrons. The van der Waals surface area contributed by atoms with Crippen molar-refractivity contribution in [2.24, 2.45) is 0 Å². The third-order valence-corrected chi connectivity index (χ3v) is 3.33. The summed E-state index contributed by atoms with van der Waals surface area (Å²) in [7, 11) is -10.1. The zero-order valence-electron chi connectivity index (χ0n) is 10.3. The van der Waals surface area contributed by atoms with Crippen LogP contribution in [0.4, 0.5) is 0 Å². The van der Waals surface area contributed by atoms with E-state index in [1.807, 2.05) is 0 Å². The molecule has 0 amide bonds. The van der Waals surface area contributed by atoms with E-state index in [4.69, 9.17) is 45.1 Å². The molecule has 0 aromatic heterocycles. The van der Waals surface area contributed by atoms with E-state index < -0.39 is 46.0 Å². The van der Waals surface area contributed by atoms with E-state index in [0.717, 1.165) is 0 Å². The molecule has 0 aliphatic rings. The van der Waals surface area contributed by atoms with Gasteiger partial charge in [0.2, 0.25) is 0 Å². The van der Waals surface area contributed by atoms with E-state index in [0.29, 0.717) is 0 Å². The van der Waals surface area contributed by atoms with Crippen LogP contribution < -0.4 is 0 Å². The van der Waals surface area contributed by atoms with Crippen LogP contribution in [0.3, 0.4) is 0 Å². The van der Waals surface area contributed by atoms with E-state index in [1.54, 1.807) is 0 Å². The van der Waals surface area contributed by atoms with Crippen molar-refractivity contribution in [1.29, 1.82) is 0 Å². The van der Waals surface area contributed by atoms with Gasteiger partial charge < -0.3 is 49.9 Å². The van der Waals surface area contributed by atoms with E-state index in [1.165, 1.54) is 0 Å². The average molecular weight is 372 g/mol. The second-order valence-corrected chi connectivity index (χ2v) is 6.07. The predicted molar refractivity (Wildman–Crippen MR) is 62.9 cm³/mol. The van der Waals surface area contributed by atoms with Gasteiger partial charge in [-0.2, -0.15) is 4.31 Å². The zero-order valence-corrected chi connectivity index (χ0v) is 12.1. The molecule has 0 saturated heterocycles. The molecule has 22 heavy (non-hydrogen) atoms. The van der Waals surface area contributed by atoms with E-state index >= 15 is 0 Å². The topological polar surface area (TPSA) is 260 Å². The number of carbonyl (C=O) groups is 2. The number of aliphatic carboxylic acids is 1. The Balaban J connectivity index is 0. The van der Waals surface area contributed by atoms with Gasteiger partial charge in [0.25, 0.3) is 0 Å². The molecule has 0 heterocycles. The van der Waals surface area contributed by atoms with E-state index in [2.05, 4.69) is 4.31 Å². The lowest BCUT2D eigenvalue weighted by Gasteiger charge is -2.21. The molecule has 132 valence electrons. The number of aliphatic hydroxyl groups excluding tert-OH is 4. The number of carboxylic acids is 1. The van der Waals surface area contributed by atoms with Crippen molar-refractivity contribution in [3.63, 3.8) is 0 Å². The number of hydrogen-bond acceptors (Lipinski definition) is 9. The van der Waals surface area contributed by atoms with Gasteiger partial charge in [-0.1, -0.05) is 0 Å². The van der Waals surface area contributed by atoms with Crippen molar-refractivity contribution in [2.45, 2.75) is 24.4 Å². The SMILES string of the molecule is O=CC(O)C(O)C(O)C(O)C(=O)O.O=P(O)(O)OP(=O)(O)O. The van der Waals surface area contributed by atoms with Crippen molar-refractivity contribution in [1.82, 2.24) is 0 Å². The summed E-state index contributed by atoms with van der Waals surface area (Å²) in [4.78, 5) is 51.0. The maximum atomic E-state index is 10.1. The van der Waals surface area contributed by atoms with Crippen LogP contribution in [0.25, 0.3) is 0 Å². The van der Waals surface area contributed by atoms with Crippen molar-refractivity contribution in [2.75, 3.05) is 0 Å². The standard InChI is InChI=1S/C6H10O7.H4O7P2/c7-1-2(8)3(9)4(10)5(11)6(12)13;1-8(2,3)7-9(4,5)6/h1-5,8-11H,(H,12,13);(H2,1,2,3)(H2,4,5,6). The predicted octanol–water partition coefficient (Wildman–Crippen LogP) is -4.10. The summed E-state index contributed by atoms with van der Waals surface area (Å²) < 4.78 is 22.2. The van der Waals surface area contributed by atoms with Crippen molar-refractivity contribution in [3.8, 4) is 0 Å². The minimum Gasteiger partial charge on any atom is -0.479 e. The first-order chi connectivity index (χ1) is 9.62. The molecule has 16 heteroatoms. The lowest BCUT2D eigenvalue weighted by atomic mass is 10.0. The van der Waals surface area contributed by atoms with Crippen LogP contribution in [0.2, 0.25) is 0 Å². The monoisotopic (exact) mass is 372 g/mol. The fourth-order valence-corrected chi connectivity index (χ4v) is 1.86. The Morgan fingerprint density at radius 3 is 1.45 bits per heavy atom. The molecule has 0 fully saturated rings. The molecule has 0 aliphatic heterocycles. The molecule has 0 aromatic rings. The molecule has 9 N–H and O–H groups in total. The van der Waals surface area contributed by atoms with Crippen LogP contribution in [-0.4, -0.2) is 81.8 Å². The number of rotatable bonds is 7. The van der Waals surface area contributed by atoms with E-state index in [9.17, 15) is 18.7 Å². The quantitative estimate of drug-likeness (QED) is 0.152. The first kappa shape index (κ1) is 23.5. The molecule has 0 bridgehead atoms. The molecule has 0 rings (SSSR count). The number of phosphoric acid groups is 2. The maximum absolute atomic E-state index is 10.1. The van der Waals surface area contributed by atoms with Crippen LogP contribution in [-0.2, 0) is 23.0 Å². The van der Waals surface area contributed by atoms with Gasteiger partial charge in [-0.25, -0.2) is 13.9 Å². The van der Waals surface area contributed by atoms with E-state index in [-0.39, 0.29) is 6.29 Å². The number of carboxylic acid groups (broad SMARTS) is 1. The first-order valence-electron chi connectivity index (χ1n) is 4.85. The van der Waals surface area contributed by atoms with Crippen LogP contribution in [0.15, 0.2) is 0 Å². The third kappa shape index (κ3) is 11.9. The Hall–Kier alpha value is -0.760. The third-order valence-electron chi connectivity index (χ3n) is 1.63. The summed E-state index contributed by atoms with van der Waals surface area (Å²) in [5.74, 6) is -1.76. The average Bonchev–Trinajstić information content (AvgIpc) is 2.31. The maximum Gasteiger partial charge on any atom is 0.478 e. The molecule has 14 nitrogen and oxygen atoms in total. The van der Waals surface area contributed by atoms with Gasteiger partial charge in [0.15, 0.2) is 12.4 Å². The van der Waals surface area contributed by atoms with Crippen molar-refractivity contribution in [3.05, 3.63) is 0 Å². The van der Waals surface area contributed by atoms with Crippen LogP contribution in [0.1, 0.15) is 0 Å². The highest BCUT2D eigenvalue weighted by Crippen LogP contribution is 2.53. The smallest absolute Gasteiger partial charge is 0.478 e. The van der Waals surface area contributed by atoms with Gasteiger partial charge in [-0.05, 0) is 0 Å². The number of aldehydes is 1. The summed E-state index contributed by atoms with van der Waals surface area (Å²) in [6.07, 6.45) is -8.39. The second-order valence-electron chi connectivity index (χ2n) is 3.45. The Kier molecular flexibility index (Phi) is 10.0. The fraction of sp³-hybridized carbons (Fsp3) is 0.667.